The molecule has 1 saturated carbocycles. The summed E-state index contributed by atoms with van der Waals surface area (Å²) in [5.41, 5.74) is 2.68. The maximum absolute atomic E-state index is 12.8. The van der Waals surface area contributed by atoms with Gasteiger partial charge in [0.2, 0.25) is 0 Å². The summed E-state index contributed by atoms with van der Waals surface area (Å²) in [6.45, 7) is 5.15. The summed E-state index contributed by atoms with van der Waals surface area (Å²) in [5.74, 6) is -0.623. The molecule has 5 nitrogen and oxygen atoms in total. The van der Waals surface area contributed by atoms with Crippen molar-refractivity contribution in [2.24, 2.45) is 10.9 Å². The fourth-order valence-electron chi connectivity index (χ4n) is 4.34. The van der Waals surface area contributed by atoms with E-state index in [1.165, 1.54) is 11.1 Å². The number of hydrogen-bond acceptors (Lipinski definition) is 3. The summed E-state index contributed by atoms with van der Waals surface area (Å²) in [6.07, 6.45) is -2.44. The maximum Gasteiger partial charge on any atom is 0.391 e. The lowest BCUT2D eigenvalue weighted by atomic mass is 9.85. The molecule has 1 unspecified atom stereocenters. The summed E-state index contributed by atoms with van der Waals surface area (Å²) >= 11 is 0. The van der Waals surface area contributed by atoms with Crippen LogP contribution in [0, 0.1) is 5.92 Å². The molecule has 30 heavy (non-hydrogen) atoms. The molecule has 0 amide bonds. The highest BCUT2D eigenvalue weighted by Gasteiger charge is 2.41. The molecule has 1 aliphatic heterocycles. The molecule has 1 aromatic carbocycles. The second-order valence-electron chi connectivity index (χ2n) is 8.36. The highest BCUT2D eigenvalue weighted by Crippen LogP contribution is 2.37. The van der Waals surface area contributed by atoms with E-state index in [2.05, 4.69) is 38.7 Å². The molecule has 0 bridgehead atoms. The standard InChI is InChI=1S/C22H33F3N4O/c1-2-26-21(28-19-9-7-18(8-10-19)22(23,24)25)27-13-20(30)15-29-12-11-16-5-3-4-6-17(16)14-29/h3-6,18-20,30H,2,7-15H2,1H3,(H2,26,27,28). The number of alkyl halides is 3. The molecule has 3 N–H and O–H groups in total. The van der Waals surface area contributed by atoms with Crippen molar-refractivity contribution in [2.75, 3.05) is 26.2 Å². The monoisotopic (exact) mass is 426 g/mol. The number of β-amino-alcohol motifs (C(OH)–C–C–N with tert-alkyl or cyclic N) is 1. The summed E-state index contributed by atoms with van der Waals surface area (Å²) in [6, 6.07) is 8.37. The Balaban J connectivity index is 1.46. The van der Waals surface area contributed by atoms with E-state index < -0.39 is 18.2 Å². The van der Waals surface area contributed by atoms with Gasteiger partial charge in [0.1, 0.15) is 0 Å². The first-order valence-corrected chi connectivity index (χ1v) is 10.9. The number of hydrogen-bond donors (Lipinski definition) is 3. The Hall–Kier alpha value is -1.80. The number of aliphatic hydroxyl groups is 1. The second kappa shape index (κ2) is 10.5. The number of aliphatic imine (C=N–C) groups is 1. The van der Waals surface area contributed by atoms with Gasteiger partial charge in [0, 0.05) is 32.2 Å². The topological polar surface area (TPSA) is 59.9 Å². The highest BCUT2D eigenvalue weighted by molar-refractivity contribution is 5.80. The van der Waals surface area contributed by atoms with Crippen LogP contribution in [0.15, 0.2) is 29.3 Å². The minimum Gasteiger partial charge on any atom is -0.390 e. The number of halogens is 3. The van der Waals surface area contributed by atoms with Crippen molar-refractivity contribution < 1.29 is 18.3 Å². The largest absolute Gasteiger partial charge is 0.391 e. The Morgan fingerprint density at radius 2 is 1.90 bits per heavy atom. The SMILES string of the molecule is CCNC(=NCC(O)CN1CCc2ccccc2C1)NC1CCC(C(F)(F)F)CC1. The highest BCUT2D eigenvalue weighted by atomic mass is 19.4. The third kappa shape index (κ3) is 6.60. The van der Waals surface area contributed by atoms with Gasteiger partial charge in [-0.15, -0.1) is 0 Å². The van der Waals surface area contributed by atoms with E-state index in [1.807, 2.05) is 13.0 Å². The number of benzene rings is 1. The fraction of sp³-hybridized carbons (Fsp3) is 0.682. The zero-order valence-electron chi connectivity index (χ0n) is 17.6. The van der Waals surface area contributed by atoms with Gasteiger partial charge in [-0.1, -0.05) is 24.3 Å². The van der Waals surface area contributed by atoms with E-state index >= 15 is 0 Å². The Morgan fingerprint density at radius 1 is 1.20 bits per heavy atom. The number of nitrogens with zero attached hydrogens (tertiary/aromatic N) is 2. The summed E-state index contributed by atoms with van der Waals surface area (Å²) in [5, 5.41) is 16.9. The number of rotatable bonds is 6. The molecule has 1 aromatic rings. The summed E-state index contributed by atoms with van der Waals surface area (Å²) < 4.78 is 38.5. The van der Waals surface area contributed by atoms with Gasteiger partial charge >= 0.3 is 6.18 Å². The zero-order valence-corrected chi connectivity index (χ0v) is 17.6. The molecule has 8 heteroatoms. The number of aliphatic hydroxyl groups excluding tert-OH is 1. The number of nitrogens with one attached hydrogen (secondary N) is 2. The molecule has 1 heterocycles. The molecule has 3 rings (SSSR count). The van der Waals surface area contributed by atoms with Crippen LogP contribution in [0.1, 0.15) is 43.7 Å². The van der Waals surface area contributed by atoms with E-state index in [0.29, 0.717) is 31.9 Å². The molecule has 0 saturated heterocycles. The van der Waals surface area contributed by atoms with Crippen LogP contribution in [0.25, 0.3) is 0 Å². The molecule has 1 aliphatic carbocycles. The average Bonchev–Trinajstić information content (AvgIpc) is 2.72. The maximum atomic E-state index is 12.8. The van der Waals surface area contributed by atoms with Gasteiger partial charge in [0.15, 0.2) is 5.96 Å². The predicted molar refractivity (Wildman–Crippen MR) is 112 cm³/mol. The number of guanidine groups is 1. The minimum atomic E-state index is -4.09. The number of fused-ring (bicyclic) bond motifs is 1. The summed E-state index contributed by atoms with van der Waals surface area (Å²) in [4.78, 5) is 6.72. The van der Waals surface area contributed by atoms with Gasteiger partial charge in [-0.2, -0.15) is 13.2 Å². The van der Waals surface area contributed by atoms with Crippen LogP contribution in [0.3, 0.4) is 0 Å². The van der Waals surface area contributed by atoms with Crippen molar-refractivity contribution in [2.45, 2.75) is 63.9 Å². The van der Waals surface area contributed by atoms with E-state index in [4.69, 9.17) is 0 Å². The van der Waals surface area contributed by atoms with Crippen molar-refractivity contribution in [1.82, 2.24) is 15.5 Å². The third-order valence-corrected chi connectivity index (χ3v) is 6.01. The predicted octanol–water partition coefficient (Wildman–Crippen LogP) is 3.08. The van der Waals surface area contributed by atoms with Crippen LogP contribution in [0.4, 0.5) is 13.2 Å². The van der Waals surface area contributed by atoms with Crippen LogP contribution in [0.5, 0.6) is 0 Å². The molecule has 2 aliphatic rings. The van der Waals surface area contributed by atoms with Crippen LogP contribution in [0.2, 0.25) is 0 Å². The average molecular weight is 427 g/mol. The normalized spacial score (nSPS) is 24.2. The molecular weight excluding hydrogens is 393 g/mol. The van der Waals surface area contributed by atoms with E-state index in [9.17, 15) is 18.3 Å². The lowest BCUT2D eigenvalue weighted by Gasteiger charge is -2.31. The molecule has 168 valence electrons. The van der Waals surface area contributed by atoms with Crippen molar-refractivity contribution in [3.8, 4) is 0 Å². The van der Waals surface area contributed by atoms with E-state index in [0.717, 1.165) is 19.5 Å². The van der Waals surface area contributed by atoms with Crippen LogP contribution < -0.4 is 10.6 Å². The molecular formula is C22H33F3N4O. The summed E-state index contributed by atoms with van der Waals surface area (Å²) in [7, 11) is 0. The van der Waals surface area contributed by atoms with Crippen LogP contribution in [-0.4, -0.2) is 60.5 Å². The van der Waals surface area contributed by atoms with Crippen LogP contribution >= 0.6 is 0 Å². The van der Waals surface area contributed by atoms with E-state index in [1.54, 1.807) is 0 Å². The smallest absolute Gasteiger partial charge is 0.390 e. The van der Waals surface area contributed by atoms with Crippen molar-refractivity contribution in [3.05, 3.63) is 35.4 Å². The van der Waals surface area contributed by atoms with Gasteiger partial charge in [-0.3, -0.25) is 9.89 Å². The van der Waals surface area contributed by atoms with Crippen molar-refractivity contribution in [1.29, 1.82) is 0 Å². The molecule has 0 radical (unpaired) electrons. The first kappa shape index (κ1) is 22.9. The zero-order chi connectivity index (χ0) is 21.6. The third-order valence-electron chi connectivity index (χ3n) is 6.01. The van der Waals surface area contributed by atoms with Crippen molar-refractivity contribution >= 4 is 5.96 Å². The Labute approximate surface area is 176 Å². The van der Waals surface area contributed by atoms with Gasteiger partial charge in [0.05, 0.1) is 18.6 Å². The van der Waals surface area contributed by atoms with E-state index in [-0.39, 0.29) is 25.4 Å². The molecule has 0 spiro atoms. The second-order valence-corrected chi connectivity index (χ2v) is 8.36. The Bertz CT molecular complexity index is 702. The first-order chi connectivity index (χ1) is 14.3. The quantitative estimate of drug-likeness (QED) is 0.483. The van der Waals surface area contributed by atoms with Crippen molar-refractivity contribution in [3.63, 3.8) is 0 Å². The molecule has 1 fully saturated rings. The van der Waals surface area contributed by atoms with Gasteiger partial charge in [0.25, 0.3) is 0 Å². The van der Waals surface area contributed by atoms with Gasteiger partial charge < -0.3 is 15.7 Å². The minimum absolute atomic E-state index is 0.0165. The van der Waals surface area contributed by atoms with Crippen LogP contribution in [-0.2, 0) is 13.0 Å². The Kier molecular flexibility index (Phi) is 7.99. The first-order valence-electron chi connectivity index (χ1n) is 10.9. The van der Waals surface area contributed by atoms with Gasteiger partial charge in [-0.25, -0.2) is 0 Å². The van der Waals surface area contributed by atoms with Gasteiger partial charge in [-0.05, 0) is 50.2 Å². The lowest BCUT2D eigenvalue weighted by molar-refractivity contribution is -0.182. The molecule has 1 atom stereocenters. The molecule has 0 aromatic heterocycles. The Morgan fingerprint density at radius 3 is 2.57 bits per heavy atom. The lowest BCUT2D eigenvalue weighted by Crippen LogP contribution is -2.46. The fourth-order valence-corrected chi connectivity index (χ4v) is 4.34.